The largest absolute Gasteiger partial charge is 0.463 e. The molecule has 0 aliphatic carbocycles. The molecule has 0 aliphatic heterocycles. The zero-order chi connectivity index (χ0) is 30.2. The lowest BCUT2D eigenvalue weighted by Gasteiger charge is -2.23. The molecular weight excluding hydrogens is 530 g/mol. The van der Waals surface area contributed by atoms with Crippen molar-refractivity contribution in [3.63, 3.8) is 0 Å². The van der Waals surface area contributed by atoms with Gasteiger partial charge >= 0.3 is 5.97 Å². The Labute approximate surface area is 248 Å². The van der Waals surface area contributed by atoms with Crippen LogP contribution in [0.4, 0.5) is 0 Å². The van der Waals surface area contributed by atoms with Crippen molar-refractivity contribution in [2.75, 3.05) is 13.2 Å². The number of benzene rings is 2. The highest BCUT2D eigenvalue weighted by Gasteiger charge is 2.26. The number of aliphatic hydroxyl groups excluding tert-OH is 1. The summed E-state index contributed by atoms with van der Waals surface area (Å²) in [5.74, 6) is -1.63. The summed E-state index contributed by atoms with van der Waals surface area (Å²) in [6.07, 6.45) is 9.21. The number of para-hydroxylation sites is 1. The Morgan fingerprint density at radius 1 is 0.929 bits per heavy atom. The number of carbonyl (C=O) groups excluding carboxylic acids is 3. The van der Waals surface area contributed by atoms with Crippen LogP contribution in [0.2, 0.25) is 0 Å². The van der Waals surface area contributed by atoms with E-state index in [-0.39, 0.29) is 37.4 Å². The fraction of sp³-hybridized carbons (Fsp3) is 0.382. The third kappa shape index (κ3) is 10.7. The third-order valence-electron chi connectivity index (χ3n) is 7.14. The molecule has 0 fully saturated rings. The number of rotatable bonds is 19. The van der Waals surface area contributed by atoms with Crippen molar-refractivity contribution >= 4 is 28.7 Å². The van der Waals surface area contributed by atoms with E-state index in [2.05, 4.69) is 28.8 Å². The maximum absolute atomic E-state index is 13.5. The number of nitrogens with one attached hydrogen (secondary N) is 3. The second-order valence-corrected chi connectivity index (χ2v) is 10.5. The maximum Gasteiger partial charge on any atom is 0.305 e. The Bertz CT molecular complexity index is 1300. The molecule has 0 spiro atoms. The number of fused-ring (bicyclic) bond motifs is 1. The van der Waals surface area contributed by atoms with Crippen molar-refractivity contribution in [3.05, 3.63) is 97.2 Å². The van der Waals surface area contributed by atoms with Crippen molar-refractivity contribution in [3.8, 4) is 0 Å². The van der Waals surface area contributed by atoms with Gasteiger partial charge in [-0.25, -0.2) is 0 Å². The number of unbranched alkanes of at least 4 members (excludes halogenated alkanes) is 2. The number of hydrogen-bond acceptors (Lipinski definition) is 5. The lowest BCUT2D eigenvalue weighted by atomic mass is 9.97. The van der Waals surface area contributed by atoms with E-state index in [0.29, 0.717) is 32.1 Å². The Morgan fingerprint density at radius 2 is 1.69 bits per heavy atom. The molecule has 0 saturated carbocycles. The van der Waals surface area contributed by atoms with Crippen LogP contribution in [0.15, 0.2) is 86.1 Å². The Balaban J connectivity index is 1.65. The first-order chi connectivity index (χ1) is 20.4. The van der Waals surface area contributed by atoms with Gasteiger partial charge in [0.2, 0.25) is 11.8 Å². The summed E-state index contributed by atoms with van der Waals surface area (Å²) in [5, 5.41) is 16.7. The van der Waals surface area contributed by atoms with Gasteiger partial charge < -0.3 is 25.5 Å². The fourth-order valence-corrected chi connectivity index (χ4v) is 4.91. The summed E-state index contributed by atoms with van der Waals surface area (Å²) < 4.78 is 5.57. The Hall–Kier alpha value is -4.17. The molecule has 1 heterocycles. The van der Waals surface area contributed by atoms with Gasteiger partial charge in [0.15, 0.2) is 0 Å². The van der Waals surface area contributed by atoms with Crippen molar-refractivity contribution in [1.29, 1.82) is 0 Å². The van der Waals surface area contributed by atoms with Gasteiger partial charge in [-0.05, 0) is 55.7 Å². The summed E-state index contributed by atoms with van der Waals surface area (Å²) >= 11 is 0. The van der Waals surface area contributed by atoms with E-state index < -0.39 is 18.0 Å². The minimum atomic E-state index is -0.668. The number of aromatic amines is 1. The van der Waals surface area contributed by atoms with Crippen molar-refractivity contribution in [2.45, 2.75) is 63.5 Å². The lowest BCUT2D eigenvalue weighted by Crippen LogP contribution is -2.45. The highest BCUT2D eigenvalue weighted by Crippen LogP contribution is 2.20. The predicted octanol–water partition coefficient (Wildman–Crippen LogP) is 4.79. The molecule has 0 bridgehead atoms. The molecule has 8 nitrogen and oxygen atoms in total. The zero-order valence-corrected chi connectivity index (χ0v) is 24.2. The van der Waals surface area contributed by atoms with Crippen LogP contribution in [-0.2, 0) is 32.0 Å². The van der Waals surface area contributed by atoms with Gasteiger partial charge in [0.05, 0.1) is 24.6 Å². The van der Waals surface area contributed by atoms with E-state index in [9.17, 15) is 19.5 Å². The van der Waals surface area contributed by atoms with E-state index >= 15 is 0 Å². The molecule has 4 N–H and O–H groups in total. The highest BCUT2D eigenvalue weighted by atomic mass is 16.5. The quantitative estimate of drug-likeness (QED) is 0.0934. The second kappa shape index (κ2) is 17.6. The smallest absolute Gasteiger partial charge is 0.305 e. The fourth-order valence-electron chi connectivity index (χ4n) is 4.91. The molecule has 224 valence electrons. The third-order valence-corrected chi connectivity index (χ3v) is 7.14. The number of ether oxygens (including phenoxy) is 1. The van der Waals surface area contributed by atoms with Crippen molar-refractivity contribution in [1.82, 2.24) is 15.6 Å². The van der Waals surface area contributed by atoms with Crippen LogP contribution in [0.1, 0.15) is 49.7 Å². The summed E-state index contributed by atoms with van der Waals surface area (Å²) in [7, 11) is 0. The first-order valence-corrected chi connectivity index (χ1v) is 14.6. The van der Waals surface area contributed by atoms with Crippen LogP contribution in [-0.4, -0.2) is 53.2 Å². The van der Waals surface area contributed by atoms with Crippen LogP contribution in [0.5, 0.6) is 0 Å². The van der Waals surface area contributed by atoms with E-state index in [1.165, 1.54) is 0 Å². The molecule has 0 unspecified atom stereocenters. The van der Waals surface area contributed by atoms with Crippen LogP contribution >= 0.6 is 0 Å². The highest BCUT2D eigenvalue weighted by molar-refractivity contribution is 5.86. The van der Waals surface area contributed by atoms with E-state index in [1.807, 2.05) is 66.9 Å². The topological polar surface area (TPSA) is 121 Å². The van der Waals surface area contributed by atoms with Gasteiger partial charge in [-0.2, -0.15) is 0 Å². The minimum absolute atomic E-state index is 0.0161. The predicted molar refractivity (Wildman–Crippen MR) is 166 cm³/mol. The average molecular weight is 574 g/mol. The van der Waals surface area contributed by atoms with E-state index in [1.54, 1.807) is 6.08 Å². The van der Waals surface area contributed by atoms with E-state index in [0.717, 1.165) is 34.9 Å². The summed E-state index contributed by atoms with van der Waals surface area (Å²) in [4.78, 5) is 42.0. The molecule has 3 atom stereocenters. The normalized spacial score (nSPS) is 13.1. The van der Waals surface area contributed by atoms with E-state index in [4.69, 9.17) is 4.74 Å². The lowest BCUT2D eigenvalue weighted by molar-refractivity contribution is -0.145. The van der Waals surface area contributed by atoms with Gasteiger partial charge in [-0.3, -0.25) is 14.4 Å². The molecule has 0 radical (unpaired) electrons. The monoisotopic (exact) mass is 573 g/mol. The SMILES string of the molecule is C=CCCCCC(=O)OC[C@H](Cc1c[nH]c2ccccc12)NC(=O)[C@@H](CC=C)CC(=O)N[C@H](CO)Cc1ccccc1. The molecule has 0 saturated heterocycles. The maximum atomic E-state index is 13.5. The average Bonchev–Trinajstić information content (AvgIpc) is 3.40. The number of esters is 1. The van der Waals surface area contributed by atoms with Crippen molar-refractivity contribution < 1.29 is 24.2 Å². The van der Waals surface area contributed by atoms with Gasteiger partial charge in [-0.1, -0.05) is 60.7 Å². The Morgan fingerprint density at radius 3 is 2.43 bits per heavy atom. The zero-order valence-electron chi connectivity index (χ0n) is 24.2. The van der Waals surface area contributed by atoms with Crippen molar-refractivity contribution in [2.24, 2.45) is 5.92 Å². The van der Waals surface area contributed by atoms with Crippen LogP contribution < -0.4 is 10.6 Å². The number of aliphatic hydroxyl groups is 1. The van der Waals surface area contributed by atoms with Gasteiger partial charge in [0.1, 0.15) is 6.61 Å². The molecule has 42 heavy (non-hydrogen) atoms. The first-order valence-electron chi connectivity index (χ1n) is 14.6. The first kappa shape index (κ1) is 32.3. The second-order valence-electron chi connectivity index (χ2n) is 10.5. The molecular formula is C34H43N3O5. The molecule has 0 aliphatic rings. The minimum Gasteiger partial charge on any atom is -0.463 e. The Kier molecular flexibility index (Phi) is 13.6. The standard InChI is InChI=1S/C34H43N3O5/c1-3-5-6-10-18-33(40)42-24-29(20-27-22-35-31-17-12-11-16-30(27)31)37-34(41)26(13-4-2)21-32(39)36-28(23-38)19-25-14-8-7-9-15-25/h3-4,7-9,11-12,14-17,22,26,28-29,35,38H,1-2,5-6,10,13,18-21,23-24H2,(H,36,39)(H,37,41)/t26-,28-,29-/m0/s1. The summed E-state index contributed by atoms with van der Waals surface area (Å²) in [6, 6.07) is 16.5. The van der Waals surface area contributed by atoms with Gasteiger partial charge in [0.25, 0.3) is 0 Å². The molecule has 3 rings (SSSR count). The number of allylic oxidation sites excluding steroid dienone is 2. The molecule has 2 amide bonds. The summed E-state index contributed by atoms with van der Waals surface area (Å²) in [5.41, 5.74) is 2.96. The van der Waals surface area contributed by atoms with Crippen LogP contribution in [0, 0.1) is 5.92 Å². The number of carbonyl (C=O) groups is 3. The van der Waals surface area contributed by atoms with Crippen LogP contribution in [0.3, 0.4) is 0 Å². The van der Waals surface area contributed by atoms with Gasteiger partial charge in [-0.15, -0.1) is 13.2 Å². The molecule has 3 aromatic rings. The molecule has 1 aromatic heterocycles. The number of amides is 2. The molecule has 8 heteroatoms. The number of hydrogen-bond donors (Lipinski definition) is 4. The number of aromatic nitrogens is 1. The molecule has 2 aromatic carbocycles. The number of H-pyrrole nitrogens is 1. The van der Waals surface area contributed by atoms with Crippen LogP contribution in [0.25, 0.3) is 10.9 Å². The van der Waals surface area contributed by atoms with Gasteiger partial charge in [0, 0.05) is 29.9 Å². The summed E-state index contributed by atoms with van der Waals surface area (Å²) in [6.45, 7) is 7.27.